The molecule has 140 valence electrons. The molecule has 0 atom stereocenters. The van der Waals surface area contributed by atoms with Crippen LogP contribution in [0.1, 0.15) is 47.4 Å². The first-order valence-corrected chi connectivity index (χ1v) is 8.81. The molecule has 0 unspecified atom stereocenters. The van der Waals surface area contributed by atoms with Gasteiger partial charge in [-0.15, -0.1) is 0 Å². The summed E-state index contributed by atoms with van der Waals surface area (Å²) in [5.41, 5.74) is 1.22. The van der Waals surface area contributed by atoms with Crippen LogP contribution in [-0.2, 0) is 9.53 Å². The molecule has 0 aromatic carbocycles. The largest absolute Gasteiger partial charge is 0.452 e. The van der Waals surface area contributed by atoms with Gasteiger partial charge in [0.05, 0.1) is 17.3 Å². The number of rotatable bonds is 5. The molecular weight excluding hydrogens is 346 g/mol. The number of nitrogens with zero attached hydrogens (tertiary/aromatic N) is 4. The van der Waals surface area contributed by atoms with Crippen LogP contribution >= 0.6 is 0 Å². The van der Waals surface area contributed by atoms with E-state index in [2.05, 4.69) is 21.5 Å². The number of aryl methyl sites for hydroxylation is 2. The molecule has 3 rings (SSSR count). The van der Waals surface area contributed by atoms with Crippen molar-refractivity contribution in [3.05, 3.63) is 41.3 Å². The highest BCUT2D eigenvalue weighted by Gasteiger charge is 2.35. The Morgan fingerprint density at radius 2 is 2.07 bits per heavy atom. The van der Waals surface area contributed by atoms with Crippen molar-refractivity contribution in [2.24, 2.45) is 0 Å². The zero-order chi connectivity index (χ0) is 19.4. The van der Waals surface area contributed by atoms with Gasteiger partial charge in [0, 0.05) is 11.9 Å². The van der Waals surface area contributed by atoms with Crippen molar-refractivity contribution in [2.75, 3.05) is 6.61 Å². The van der Waals surface area contributed by atoms with Gasteiger partial charge in [0.2, 0.25) is 0 Å². The molecule has 0 radical (unpaired) electrons. The number of carbonyl (C=O) groups excluding carboxylic acids is 2. The molecule has 1 amide bonds. The molecule has 1 aliphatic rings. The van der Waals surface area contributed by atoms with E-state index in [9.17, 15) is 14.9 Å². The number of nitrogens with one attached hydrogen (secondary N) is 1. The number of aromatic nitrogens is 3. The summed E-state index contributed by atoms with van der Waals surface area (Å²) in [4.78, 5) is 28.4. The molecule has 0 saturated heterocycles. The average Bonchev–Trinajstić information content (AvgIpc) is 3.26. The Kier molecular flexibility index (Phi) is 5.21. The van der Waals surface area contributed by atoms with Gasteiger partial charge in [-0.2, -0.15) is 10.4 Å². The lowest BCUT2D eigenvalue weighted by Gasteiger charge is -2.21. The van der Waals surface area contributed by atoms with Crippen molar-refractivity contribution >= 4 is 11.9 Å². The summed E-state index contributed by atoms with van der Waals surface area (Å²) in [6.45, 7) is 3.38. The maximum Gasteiger partial charge on any atom is 0.340 e. The monoisotopic (exact) mass is 367 g/mol. The van der Waals surface area contributed by atoms with E-state index >= 15 is 0 Å². The summed E-state index contributed by atoms with van der Waals surface area (Å²) in [7, 11) is 0. The van der Waals surface area contributed by atoms with Gasteiger partial charge in [-0.3, -0.25) is 4.79 Å². The zero-order valence-electron chi connectivity index (χ0n) is 15.4. The summed E-state index contributed by atoms with van der Waals surface area (Å²) >= 11 is 0. The number of carbonyl (C=O) groups is 2. The van der Waals surface area contributed by atoms with Gasteiger partial charge in [0.25, 0.3) is 5.91 Å². The Morgan fingerprint density at radius 3 is 2.63 bits per heavy atom. The fourth-order valence-corrected chi connectivity index (χ4v) is 3.25. The predicted octanol–water partition coefficient (Wildman–Crippen LogP) is 1.99. The van der Waals surface area contributed by atoms with E-state index in [0.29, 0.717) is 18.7 Å². The van der Waals surface area contributed by atoms with Crippen molar-refractivity contribution in [2.45, 2.75) is 45.1 Å². The number of hydrogen-bond donors (Lipinski definition) is 1. The molecule has 8 heteroatoms. The number of amides is 1. The molecule has 1 N–H and O–H groups in total. The first-order chi connectivity index (χ1) is 12.9. The highest BCUT2D eigenvalue weighted by Crippen LogP contribution is 2.28. The summed E-state index contributed by atoms with van der Waals surface area (Å²) < 4.78 is 6.72. The number of esters is 1. The third-order valence-electron chi connectivity index (χ3n) is 4.59. The van der Waals surface area contributed by atoms with Gasteiger partial charge < -0.3 is 10.1 Å². The Bertz CT molecular complexity index is 889. The topological polar surface area (TPSA) is 110 Å². The van der Waals surface area contributed by atoms with E-state index in [1.807, 2.05) is 19.9 Å². The minimum atomic E-state index is -0.827. The molecule has 0 aliphatic heterocycles. The van der Waals surface area contributed by atoms with Gasteiger partial charge in [-0.05, 0) is 57.7 Å². The van der Waals surface area contributed by atoms with E-state index in [1.165, 1.54) is 6.20 Å². The van der Waals surface area contributed by atoms with Crippen LogP contribution in [0.5, 0.6) is 0 Å². The molecular formula is C19H21N5O3. The standard InChI is InChI=1S/C19H21N5O3/c1-13-9-14(2)24(23-13)16-6-5-15(10-21-16)18(26)27-11-17(25)22-19(12-20)7-3-4-8-19/h5-6,9-10H,3-4,7-8,11H2,1-2H3,(H,22,25). The zero-order valence-corrected chi connectivity index (χ0v) is 15.4. The van der Waals surface area contributed by atoms with E-state index in [-0.39, 0.29) is 5.56 Å². The summed E-state index contributed by atoms with van der Waals surface area (Å²) in [5, 5.41) is 16.3. The first kappa shape index (κ1) is 18.6. The van der Waals surface area contributed by atoms with Crippen molar-refractivity contribution < 1.29 is 14.3 Å². The normalized spacial score (nSPS) is 15.1. The molecule has 0 bridgehead atoms. The molecule has 2 aromatic rings. The van der Waals surface area contributed by atoms with E-state index < -0.39 is 24.0 Å². The SMILES string of the molecule is Cc1cc(C)n(-c2ccc(C(=O)OCC(=O)NC3(C#N)CCCC3)cn2)n1. The van der Waals surface area contributed by atoms with Crippen LogP contribution in [0.3, 0.4) is 0 Å². The number of pyridine rings is 1. The fourth-order valence-electron chi connectivity index (χ4n) is 3.25. The Labute approximate surface area is 157 Å². The van der Waals surface area contributed by atoms with Gasteiger partial charge in [-0.25, -0.2) is 14.5 Å². The minimum absolute atomic E-state index is 0.240. The Balaban J connectivity index is 1.57. The Hall–Kier alpha value is -3.21. The van der Waals surface area contributed by atoms with Crippen LogP contribution in [0.15, 0.2) is 24.4 Å². The lowest BCUT2D eigenvalue weighted by molar-refractivity contribution is -0.125. The molecule has 27 heavy (non-hydrogen) atoms. The van der Waals surface area contributed by atoms with Gasteiger partial charge in [-0.1, -0.05) is 0 Å². The highest BCUT2D eigenvalue weighted by molar-refractivity contribution is 5.91. The molecule has 1 aliphatic carbocycles. The molecule has 2 heterocycles. The maximum atomic E-state index is 12.1. The van der Waals surface area contributed by atoms with Crippen molar-refractivity contribution in [1.29, 1.82) is 5.26 Å². The smallest absolute Gasteiger partial charge is 0.340 e. The van der Waals surface area contributed by atoms with E-state index in [0.717, 1.165) is 24.2 Å². The quantitative estimate of drug-likeness (QED) is 0.809. The van der Waals surface area contributed by atoms with Gasteiger partial charge in [0.1, 0.15) is 5.54 Å². The average molecular weight is 367 g/mol. The van der Waals surface area contributed by atoms with Crippen molar-refractivity contribution in [3.8, 4) is 11.9 Å². The Morgan fingerprint density at radius 1 is 1.33 bits per heavy atom. The lowest BCUT2D eigenvalue weighted by atomic mass is 10.00. The number of hydrogen-bond acceptors (Lipinski definition) is 6. The number of ether oxygens (including phenoxy) is 1. The van der Waals surface area contributed by atoms with Gasteiger partial charge in [0.15, 0.2) is 12.4 Å². The van der Waals surface area contributed by atoms with Crippen molar-refractivity contribution in [3.63, 3.8) is 0 Å². The molecule has 1 fully saturated rings. The summed E-state index contributed by atoms with van der Waals surface area (Å²) in [5.74, 6) is -0.527. The van der Waals surface area contributed by atoms with Crippen LogP contribution in [0, 0.1) is 25.2 Å². The maximum absolute atomic E-state index is 12.1. The molecule has 2 aromatic heterocycles. The molecule has 1 saturated carbocycles. The predicted molar refractivity (Wildman–Crippen MR) is 96.1 cm³/mol. The van der Waals surface area contributed by atoms with Gasteiger partial charge >= 0.3 is 5.97 Å². The van der Waals surface area contributed by atoms with Crippen LogP contribution in [0.25, 0.3) is 5.82 Å². The molecule has 8 nitrogen and oxygen atoms in total. The minimum Gasteiger partial charge on any atom is -0.452 e. The molecule has 0 spiro atoms. The fraction of sp³-hybridized carbons (Fsp3) is 0.421. The van der Waals surface area contributed by atoms with Crippen LogP contribution < -0.4 is 5.32 Å². The van der Waals surface area contributed by atoms with E-state index in [4.69, 9.17) is 4.74 Å². The van der Waals surface area contributed by atoms with E-state index in [1.54, 1.807) is 16.8 Å². The third-order valence-corrected chi connectivity index (χ3v) is 4.59. The lowest BCUT2D eigenvalue weighted by Crippen LogP contribution is -2.46. The van der Waals surface area contributed by atoms with Crippen molar-refractivity contribution in [1.82, 2.24) is 20.1 Å². The highest BCUT2D eigenvalue weighted by atomic mass is 16.5. The third kappa shape index (κ3) is 4.14. The second-order valence-electron chi connectivity index (χ2n) is 6.77. The summed E-state index contributed by atoms with van der Waals surface area (Å²) in [6, 6.07) is 7.34. The van der Waals surface area contributed by atoms with Crippen LogP contribution in [-0.4, -0.2) is 38.8 Å². The van der Waals surface area contributed by atoms with Crippen LogP contribution in [0.2, 0.25) is 0 Å². The second-order valence-corrected chi connectivity index (χ2v) is 6.77. The second kappa shape index (κ2) is 7.58. The van der Waals surface area contributed by atoms with Crippen LogP contribution in [0.4, 0.5) is 0 Å². The summed E-state index contributed by atoms with van der Waals surface area (Å²) in [6.07, 6.45) is 4.45. The first-order valence-electron chi connectivity index (χ1n) is 8.81. The number of nitriles is 1.